The summed E-state index contributed by atoms with van der Waals surface area (Å²) in [6.07, 6.45) is 0. The second-order valence-electron chi connectivity index (χ2n) is 10.9. The summed E-state index contributed by atoms with van der Waals surface area (Å²) >= 11 is 4.22. The SMILES string of the molecule is Brc1c(-c2ccc3c(c2)oc2ccccc23)c(-c2ccccc2)c2c(c1-c1ccccc1)-c1cccc3cccc-2c13. The zero-order valence-corrected chi connectivity index (χ0v) is 24.2. The summed E-state index contributed by atoms with van der Waals surface area (Å²) < 4.78 is 7.48. The Morgan fingerprint density at radius 2 is 0.976 bits per heavy atom. The second-order valence-corrected chi connectivity index (χ2v) is 11.7. The highest BCUT2D eigenvalue weighted by Crippen LogP contribution is 2.60. The van der Waals surface area contributed by atoms with E-state index in [2.05, 4.69) is 143 Å². The molecule has 196 valence electrons. The summed E-state index contributed by atoms with van der Waals surface area (Å²) in [6.45, 7) is 0. The van der Waals surface area contributed by atoms with Gasteiger partial charge < -0.3 is 4.42 Å². The molecule has 42 heavy (non-hydrogen) atoms. The third-order valence-electron chi connectivity index (χ3n) is 8.67. The predicted molar refractivity (Wildman–Crippen MR) is 180 cm³/mol. The Morgan fingerprint density at radius 1 is 0.405 bits per heavy atom. The highest BCUT2D eigenvalue weighted by atomic mass is 79.9. The van der Waals surface area contributed by atoms with Crippen LogP contribution in [0, 0.1) is 0 Å². The van der Waals surface area contributed by atoms with E-state index in [1.807, 2.05) is 12.1 Å². The van der Waals surface area contributed by atoms with Gasteiger partial charge in [0.05, 0.1) is 0 Å². The molecular formula is C40H23BrO. The van der Waals surface area contributed by atoms with Crippen LogP contribution in [0.3, 0.4) is 0 Å². The van der Waals surface area contributed by atoms with Crippen molar-refractivity contribution in [1.29, 1.82) is 0 Å². The maximum absolute atomic E-state index is 6.39. The van der Waals surface area contributed by atoms with E-state index >= 15 is 0 Å². The third-order valence-corrected chi connectivity index (χ3v) is 9.47. The summed E-state index contributed by atoms with van der Waals surface area (Å²) in [6, 6.07) is 50.0. The second kappa shape index (κ2) is 9.04. The van der Waals surface area contributed by atoms with Crippen molar-refractivity contribution in [1.82, 2.24) is 0 Å². The molecule has 1 nitrogen and oxygen atoms in total. The van der Waals surface area contributed by atoms with E-state index in [0.29, 0.717) is 0 Å². The van der Waals surface area contributed by atoms with Crippen molar-refractivity contribution in [3.05, 3.63) is 144 Å². The van der Waals surface area contributed by atoms with Crippen molar-refractivity contribution in [2.75, 3.05) is 0 Å². The molecule has 0 radical (unpaired) electrons. The average molecular weight is 600 g/mol. The summed E-state index contributed by atoms with van der Waals surface area (Å²) in [7, 11) is 0. The van der Waals surface area contributed by atoms with Gasteiger partial charge in [0.2, 0.25) is 0 Å². The molecule has 0 saturated heterocycles. The third kappa shape index (κ3) is 3.30. The predicted octanol–water partition coefficient (Wildman–Crippen LogP) is 12.2. The summed E-state index contributed by atoms with van der Waals surface area (Å²) in [4.78, 5) is 0. The number of para-hydroxylation sites is 1. The summed E-state index contributed by atoms with van der Waals surface area (Å²) in [5, 5.41) is 4.86. The first kappa shape index (κ1) is 23.8. The Kier molecular flexibility index (Phi) is 5.11. The molecule has 2 heteroatoms. The number of fused-ring (bicyclic) bond motifs is 6. The lowest BCUT2D eigenvalue weighted by atomic mass is 9.82. The molecule has 0 aliphatic heterocycles. The number of hydrogen-bond acceptors (Lipinski definition) is 1. The average Bonchev–Trinajstić information content (AvgIpc) is 3.58. The largest absolute Gasteiger partial charge is 0.456 e. The van der Waals surface area contributed by atoms with Crippen LogP contribution in [0.2, 0.25) is 0 Å². The molecule has 0 amide bonds. The van der Waals surface area contributed by atoms with Gasteiger partial charge in [-0.05, 0) is 89.4 Å². The highest BCUT2D eigenvalue weighted by Gasteiger charge is 2.32. The zero-order valence-electron chi connectivity index (χ0n) is 22.6. The molecule has 0 fully saturated rings. The van der Waals surface area contributed by atoms with Crippen LogP contribution < -0.4 is 0 Å². The fourth-order valence-corrected chi connectivity index (χ4v) is 7.79. The first-order chi connectivity index (χ1) is 20.8. The normalized spacial score (nSPS) is 11.9. The lowest BCUT2D eigenvalue weighted by molar-refractivity contribution is 0.669. The van der Waals surface area contributed by atoms with Crippen LogP contribution in [0.5, 0.6) is 0 Å². The first-order valence-corrected chi connectivity index (χ1v) is 15.0. The molecule has 1 aromatic heterocycles. The Balaban J connectivity index is 1.48. The van der Waals surface area contributed by atoms with Crippen molar-refractivity contribution in [3.63, 3.8) is 0 Å². The number of hydrogen-bond donors (Lipinski definition) is 0. The molecule has 1 aliphatic carbocycles. The van der Waals surface area contributed by atoms with Crippen LogP contribution in [-0.2, 0) is 0 Å². The molecule has 7 aromatic carbocycles. The number of furan rings is 1. The van der Waals surface area contributed by atoms with E-state index in [1.165, 1.54) is 60.8 Å². The van der Waals surface area contributed by atoms with Gasteiger partial charge in [-0.3, -0.25) is 0 Å². The first-order valence-electron chi connectivity index (χ1n) is 14.2. The minimum absolute atomic E-state index is 0.895. The van der Waals surface area contributed by atoms with Crippen LogP contribution in [0.25, 0.3) is 88.3 Å². The van der Waals surface area contributed by atoms with E-state index in [0.717, 1.165) is 32.0 Å². The molecule has 0 N–H and O–H groups in total. The van der Waals surface area contributed by atoms with Crippen LogP contribution in [0.1, 0.15) is 0 Å². The standard InChI is InChI=1S/C40H23BrO/c41-40-36(26-13-5-2-6-14-26)39-31-19-10-16-24-15-9-18-30(34(24)31)38(39)35(25-11-3-1-4-12-25)37(40)27-21-22-29-28-17-7-8-20-32(28)42-33(29)23-27/h1-23H. The number of halogens is 1. The molecular weight excluding hydrogens is 576 g/mol. The maximum Gasteiger partial charge on any atom is 0.136 e. The molecule has 9 rings (SSSR count). The summed E-state index contributed by atoms with van der Waals surface area (Å²) in [5.74, 6) is 0. The van der Waals surface area contributed by atoms with Gasteiger partial charge in [0.1, 0.15) is 11.2 Å². The smallest absolute Gasteiger partial charge is 0.136 e. The Labute approximate surface area is 251 Å². The van der Waals surface area contributed by atoms with Gasteiger partial charge in [0, 0.05) is 26.4 Å². The minimum atomic E-state index is 0.895. The van der Waals surface area contributed by atoms with Crippen molar-refractivity contribution in [2.24, 2.45) is 0 Å². The monoisotopic (exact) mass is 598 g/mol. The Hall–Kier alpha value is -4.92. The molecule has 8 aromatic rings. The van der Waals surface area contributed by atoms with E-state index in [9.17, 15) is 0 Å². The van der Waals surface area contributed by atoms with Crippen molar-refractivity contribution in [2.45, 2.75) is 0 Å². The molecule has 1 aliphatic rings. The molecule has 0 bridgehead atoms. The van der Waals surface area contributed by atoms with E-state index < -0.39 is 0 Å². The van der Waals surface area contributed by atoms with Gasteiger partial charge in [-0.2, -0.15) is 0 Å². The molecule has 0 unspecified atom stereocenters. The van der Waals surface area contributed by atoms with E-state index in [4.69, 9.17) is 4.42 Å². The topological polar surface area (TPSA) is 13.1 Å². The zero-order chi connectivity index (χ0) is 27.8. The molecule has 0 spiro atoms. The van der Waals surface area contributed by atoms with Crippen LogP contribution in [0.15, 0.2) is 148 Å². The summed E-state index contributed by atoms with van der Waals surface area (Å²) in [5.41, 5.74) is 14.1. The van der Waals surface area contributed by atoms with Gasteiger partial charge in [0.25, 0.3) is 0 Å². The lowest BCUT2D eigenvalue weighted by Crippen LogP contribution is -1.96. The van der Waals surface area contributed by atoms with Crippen LogP contribution >= 0.6 is 15.9 Å². The minimum Gasteiger partial charge on any atom is -0.456 e. The quantitative estimate of drug-likeness (QED) is 0.197. The van der Waals surface area contributed by atoms with Gasteiger partial charge >= 0.3 is 0 Å². The molecule has 0 atom stereocenters. The lowest BCUT2D eigenvalue weighted by Gasteiger charge is -2.23. The van der Waals surface area contributed by atoms with Crippen molar-refractivity contribution in [3.8, 4) is 55.6 Å². The fourth-order valence-electron chi connectivity index (χ4n) is 6.94. The van der Waals surface area contributed by atoms with E-state index in [1.54, 1.807) is 0 Å². The number of benzene rings is 7. The van der Waals surface area contributed by atoms with Crippen LogP contribution in [0.4, 0.5) is 0 Å². The Bertz CT molecular complexity index is 2340. The molecule has 1 heterocycles. The van der Waals surface area contributed by atoms with Gasteiger partial charge in [-0.1, -0.05) is 121 Å². The van der Waals surface area contributed by atoms with Crippen molar-refractivity contribution < 1.29 is 4.42 Å². The molecule has 0 saturated carbocycles. The van der Waals surface area contributed by atoms with Gasteiger partial charge in [-0.25, -0.2) is 0 Å². The van der Waals surface area contributed by atoms with Gasteiger partial charge in [0.15, 0.2) is 0 Å². The van der Waals surface area contributed by atoms with E-state index in [-0.39, 0.29) is 0 Å². The maximum atomic E-state index is 6.39. The van der Waals surface area contributed by atoms with Gasteiger partial charge in [-0.15, -0.1) is 0 Å². The fraction of sp³-hybridized carbons (Fsp3) is 0. The Morgan fingerprint density at radius 3 is 1.69 bits per heavy atom. The van der Waals surface area contributed by atoms with Crippen molar-refractivity contribution >= 4 is 48.6 Å². The van der Waals surface area contributed by atoms with Crippen LogP contribution in [-0.4, -0.2) is 0 Å². The highest BCUT2D eigenvalue weighted by molar-refractivity contribution is 9.10. The number of rotatable bonds is 3.